The fourth-order valence-electron chi connectivity index (χ4n) is 1.71. The fourth-order valence-corrected chi connectivity index (χ4v) is 1.71. The largest absolute Gasteiger partial charge is 0.323 e. The Morgan fingerprint density at radius 2 is 1.74 bits per heavy atom. The summed E-state index contributed by atoms with van der Waals surface area (Å²) in [5, 5.41) is 11.6. The van der Waals surface area contributed by atoms with E-state index in [9.17, 15) is 4.79 Å². The molecule has 3 N–H and O–H groups in total. The first-order valence-corrected chi connectivity index (χ1v) is 5.83. The maximum atomic E-state index is 12.0. The quantitative estimate of drug-likeness (QED) is 0.877. The van der Waals surface area contributed by atoms with Crippen LogP contribution in [0, 0.1) is 11.3 Å². The lowest BCUT2D eigenvalue weighted by Gasteiger charge is -2.13. The number of rotatable bonds is 3. The van der Waals surface area contributed by atoms with Crippen molar-refractivity contribution in [1.29, 1.82) is 5.26 Å². The second kappa shape index (κ2) is 5.80. The Bertz CT molecular complexity index is 617. The zero-order chi connectivity index (χ0) is 13.7. The third-order valence-corrected chi connectivity index (χ3v) is 2.75. The number of anilines is 1. The molecular weight excluding hydrogens is 238 g/mol. The van der Waals surface area contributed by atoms with E-state index in [1.54, 1.807) is 36.4 Å². The Kier molecular flexibility index (Phi) is 3.91. The summed E-state index contributed by atoms with van der Waals surface area (Å²) in [7, 11) is 0. The van der Waals surface area contributed by atoms with Crippen molar-refractivity contribution in [2.75, 3.05) is 5.32 Å². The van der Waals surface area contributed by atoms with Crippen LogP contribution in [0.1, 0.15) is 17.2 Å². The second-order valence-corrected chi connectivity index (χ2v) is 4.03. The van der Waals surface area contributed by atoms with E-state index in [2.05, 4.69) is 5.32 Å². The number of amides is 1. The van der Waals surface area contributed by atoms with E-state index < -0.39 is 6.04 Å². The molecule has 0 radical (unpaired) electrons. The predicted molar refractivity (Wildman–Crippen MR) is 73.2 cm³/mol. The molecule has 0 heterocycles. The summed E-state index contributed by atoms with van der Waals surface area (Å²) in [5.74, 6) is -0.339. The van der Waals surface area contributed by atoms with Gasteiger partial charge in [-0.1, -0.05) is 42.5 Å². The number of nitrogens with zero attached hydrogens (tertiary/aromatic N) is 1. The first-order valence-electron chi connectivity index (χ1n) is 5.83. The average molecular weight is 251 g/mol. The van der Waals surface area contributed by atoms with Gasteiger partial charge in [-0.2, -0.15) is 5.26 Å². The highest BCUT2D eigenvalue weighted by molar-refractivity contribution is 5.96. The number of hydrogen-bond acceptors (Lipinski definition) is 3. The number of nitrogens with two attached hydrogens (primary N) is 1. The van der Waals surface area contributed by atoms with Crippen LogP contribution in [0.15, 0.2) is 54.6 Å². The van der Waals surface area contributed by atoms with E-state index in [0.29, 0.717) is 11.3 Å². The molecule has 0 bridgehead atoms. The number of para-hydroxylation sites is 1. The highest BCUT2D eigenvalue weighted by Gasteiger charge is 2.16. The van der Waals surface area contributed by atoms with Gasteiger partial charge in [0.1, 0.15) is 12.1 Å². The third-order valence-electron chi connectivity index (χ3n) is 2.75. The summed E-state index contributed by atoms with van der Waals surface area (Å²) in [6.07, 6.45) is 0. The van der Waals surface area contributed by atoms with Crippen LogP contribution in [0.3, 0.4) is 0 Å². The summed E-state index contributed by atoms with van der Waals surface area (Å²) in [5.41, 5.74) is 7.50. The number of carbonyl (C=O) groups excluding carboxylic acids is 1. The first kappa shape index (κ1) is 12.8. The van der Waals surface area contributed by atoms with E-state index in [1.807, 2.05) is 24.3 Å². The Balaban J connectivity index is 2.16. The van der Waals surface area contributed by atoms with E-state index in [-0.39, 0.29) is 5.91 Å². The maximum Gasteiger partial charge on any atom is 0.245 e. The van der Waals surface area contributed by atoms with Crippen LogP contribution in [0.5, 0.6) is 0 Å². The minimum Gasteiger partial charge on any atom is -0.323 e. The zero-order valence-electron chi connectivity index (χ0n) is 10.2. The SMILES string of the molecule is N#Cc1ccccc1NC(=O)[C@@H](N)c1ccccc1. The summed E-state index contributed by atoms with van der Waals surface area (Å²) >= 11 is 0. The molecule has 2 aromatic carbocycles. The molecule has 4 nitrogen and oxygen atoms in total. The fraction of sp³-hybridized carbons (Fsp3) is 0.0667. The molecule has 0 aliphatic heterocycles. The molecule has 0 unspecified atom stereocenters. The van der Waals surface area contributed by atoms with Crippen LogP contribution in [0.2, 0.25) is 0 Å². The smallest absolute Gasteiger partial charge is 0.245 e. The van der Waals surface area contributed by atoms with E-state index in [1.165, 1.54) is 0 Å². The molecule has 4 heteroatoms. The van der Waals surface area contributed by atoms with Gasteiger partial charge in [-0.25, -0.2) is 0 Å². The maximum absolute atomic E-state index is 12.0. The van der Waals surface area contributed by atoms with Gasteiger partial charge in [0.2, 0.25) is 5.91 Å². The molecule has 0 fully saturated rings. The van der Waals surface area contributed by atoms with Gasteiger partial charge >= 0.3 is 0 Å². The lowest BCUT2D eigenvalue weighted by atomic mass is 10.1. The summed E-state index contributed by atoms with van der Waals surface area (Å²) < 4.78 is 0. The first-order chi connectivity index (χ1) is 9.22. The standard InChI is InChI=1S/C15H13N3O/c16-10-12-8-4-5-9-13(12)18-15(19)14(17)11-6-2-1-3-7-11/h1-9,14H,17H2,(H,18,19)/t14-/m0/s1. The van der Waals surface area contributed by atoms with E-state index in [4.69, 9.17) is 11.0 Å². The number of hydrogen-bond donors (Lipinski definition) is 2. The summed E-state index contributed by atoms with van der Waals surface area (Å²) in [6.45, 7) is 0. The number of carbonyl (C=O) groups is 1. The molecule has 19 heavy (non-hydrogen) atoms. The molecule has 2 rings (SSSR count). The Morgan fingerprint density at radius 3 is 2.42 bits per heavy atom. The molecule has 94 valence electrons. The topological polar surface area (TPSA) is 78.9 Å². The van der Waals surface area contributed by atoms with Crippen LogP contribution in [-0.4, -0.2) is 5.91 Å². The Hall–Kier alpha value is -2.64. The van der Waals surface area contributed by atoms with Crippen LogP contribution in [-0.2, 0) is 4.79 Å². The van der Waals surface area contributed by atoms with E-state index >= 15 is 0 Å². The predicted octanol–water partition coefficient (Wildman–Crippen LogP) is 2.20. The lowest BCUT2D eigenvalue weighted by molar-refractivity contribution is -0.117. The van der Waals surface area contributed by atoms with Crippen molar-refractivity contribution in [2.45, 2.75) is 6.04 Å². The summed E-state index contributed by atoms with van der Waals surface area (Å²) in [4.78, 5) is 12.0. The van der Waals surface area contributed by atoms with Gasteiger partial charge in [0, 0.05) is 0 Å². The van der Waals surface area contributed by atoms with Crippen molar-refractivity contribution in [2.24, 2.45) is 5.73 Å². The van der Waals surface area contributed by atoms with E-state index in [0.717, 1.165) is 5.56 Å². The van der Waals surface area contributed by atoms with Gasteiger partial charge in [-0.05, 0) is 17.7 Å². The molecule has 0 aromatic heterocycles. The number of nitrogens with one attached hydrogen (secondary N) is 1. The molecule has 1 atom stereocenters. The Morgan fingerprint density at radius 1 is 1.11 bits per heavy atom. The molecule has 0 aliphatic carbocycles. The van der Waals surface area contributed by atoms with Gasteiger partial charge in [-0.3, -0.25) is 4.79 Å². The van der Waals surface area contributed by atoms with Crippen LogP contribution < -0.4 is 11.1 Å². The lowest BCUT2D eigenvalue weighted by Crippen LogP contribution is -2.27. The van der Waals surface area contributed by atoms with Crippen molar-refractivity contribution in [3.05, 3.63) is 65.7 Å². The molecule has 0 saturated heterocycles. The molecule has 0 saturated carbocycles. The molecule has 2 aromatic rings. The highest BCUT2D eigenvalue weighted by atomic mass is 16.2. The van der Waals surface area contributed by atoms with Gasteiger partial charge in [0.05, 0.1) is 11.3 Å². The molecule has 0 aliphatic rings. The third kappa shape index (κ3) is 2.97. The minimum atomic E-state index is -0.757. The van der Waals surface area contributed by atoms with Gasteiger partial charge in [0.25, 0.3) is 0 Å². The molecule has 0 spiro atoms. The highest BCUT2D eigenvalue weighted by Crippen LogP contribution is 2.17. The second-order valence-electron chi connectivity index (χ2n) is 4.03. The van der Waals surface area contributed by atoms with Gasteiger partial charge in [-0.15, -0.1) is 0 Å². The van der Waals surface area contributed by atoms with Crippen molar-refractivity contribution in [3.8, 4) is 6.07 Å². The monoisotopic (exact) mass is 251 g/mol. The molecular formula is C15H13N3O. The van der Waals surface area contributed by atoms with Crippen LogP contribution in [0.25, 0.3) is 0 Å². The number of benzene rings is 2. The number of nitriles is 1. The van der Waals surface area contributed by atoms with Crippen LogP contribution in [0.4, 0.5) is 5.69 Å². The minimum absolute atomic E-state index is 0.339. The molecule has 1 amide bonds. The van der Waals surface area contributed by atoms with Gasteiger partial charge < -0.3 is 11.1 Å². The summed E-state index contributed by atoms with van der Waals surface area (Å²) in [6, 6.07) is 17.2. The van der Waals surface area contributed by atoms with Crippen molar-refractivity contribution in [3.63, 3.8) is 0 Å². The Labute approximate surface area is 111 Å². The average Bonchev–Trinajstić information content (AvgIpc) is 2.48. The van der Waals surface area contributed by atoms with Crippen molar-refractivity contribution in [1.82, 2.24) is 0 Å². The van der Waals surface area contributed by atoms with Crippen LogP contribution >= 0.6 is 0 Å². The normalized spacial score (nSPS) is 11.4. The van der Waals surface area contributed by atoms with Gasteiger partial charge in [0.15, 0.2) is 0 Å². The van der Waals surface area contributed by atoms with Crippen molar-refractivity contribution < 1.29 is 4.79 Å². The van der Waals surface area contributed by atoms with Crippen molar-refractivity contribution >= 4 is 11.6 Å². The zero-order valence-corrected chi connectivity index (χ0v) is 10.2.